The topological polar surface area (TPSA) is 57.6 Å². The third-order valence-electron chi connectivity index (χ3n) is 2.62. The maximum absolute atomic E-state index is 12.2. The molecule has 1 N–H and O–H groups in total. The molecule has 2 rings (SSSR count). The zero-order valence-electron chi connectivity index (χ0n) is 10.0. The highest BCUT2D eigenvalue weighted by molar-refractivity contribution is 8.26. The molecule has 1 aliphatic rings. The van der Waals surface area contributed by atoms with Crippen LogP contribution in [0.25, 0.3) is 6.08 Å². The van der Waals surface area contributed by atoms with Gasteiger partial charge >= 0.3 is 5.97 Å². The molecular weight excluding hydrogens is 302 g/mol. The number of carbonyl (C=O) groups is 2. The molecule has 1 saturated heterocycles. The summed E-state index contributed by atoms with van der Waals surface area (Å²) in [6.07, 6.45) is 2.08. The Morgan fingerprint density at radius 3 is 2.89 bits per heavy atom. The van der Waals surface area contributed by atoms with E-state index in [-0.39, 0.29) is 5.91 Å². The molecule has 0 aromatic carbocycles. The van der Waals surface area contributed by atoms with Crippen LogP contribution >= 0.6 is 35.3 Å². The second kappa shape index (κ2) is 5.85. The summed E-state index contributed by atoms with van der Waals surface area (Å²) < 4.78 is 0.307. The third kappa shape index (κ3) is 2.88. The van der Waals surface area contributed by atoms with Gasteiger partial charge in [0.1, 0.15) is 10.4 Å². The van der Waals surface area contributed by atoms with Gasteiger partial charge < -0.3 is 5.11 Å². The first-order valence-corrected chi connectivity index (χ1v) is 7.68. The number of hydrogen-bond acceptors (Lipinski definition) is 5. The number of carboxylic acids is 1. The normalized spacial score (nSPS) is 19.2. The van der Waals surface area contributed by atoms with Crippen LogP contribution in [0.3, 0.4) is 0 Å². The molecule has 1 aliphatic heterocycles. The first-order chi connectivity index (χ1) is 9.04. The lowest BCUT2D eigenvalue weighted by Crippen LogP contribution is -2.43. The molecule has 0 radical (unpaired) electrons. The molecule has 2 heterocycles. The minimum Gasteiger partial charge on any atom is -0.480 e. The fourth-order valence-electron chi connectivity index (χ4n) is 1.72. The number of aliphatic carboxylic acids is 1. The number of rotatable bonds is 4. The van der Waals surface area contributed by atoms with E-state index in [1.807, 2.05) is 17.5 Å². The van der Waals surface area contributed by atoms with Crippen molar-refractivity contribution in [2.45, 2.75) is 19.4 Å². The Morgan fingerprint density at radius 2 is 2.37 bits per heavy atom. The molecular formula is C12H11NO3S3. The zero-order chi connectivity index (χ0) is 14.0. The number of thiophene rings is 1. The molecule has 1 aromatic rings. The molecule has 4 nitrogen and oxygen atoms in total. The lowest BCUT2D eigenvalue weighted by molar-refractivity contribution is -0.145. The molecule has 7 heteroatoms. The van der Waals surface area contributed by atoms with Crippen molar-refractivity contribution in [3.05, 3.63) is 27.3 Å². The van der Waals surface area contributed by atoms with Crippen molar-refractivity contribution in [1.29, 1.82) is 0 Å². The van der Waals surface area contributed by atoms with Gasteiger partial charge in [-0.1, -0.05) is 37.0 Å². The minimum absolute atomic E-state index is 0.307. The predicted octanol–water partition coefficient (Wildman–Crippen LogP) is 2.81. The summed E-state index contributed by atoms with van der Waals surface area (Å²) in [4.78, 5) is 26.0. The van der Waals surface area contributed by atoms with Crippen LogP contribution in [0.2, 0.25) is 0 Å². The lowest BCUT2D eigenvalue weighted by atomic mass is 10.2. The van der Waals surface area contributed by atoms with Crippen LogP contribution in [0.4, 0.5) is 0 Å². The van der Waals surface area contributed by atoms with Gasteiger partial charge in [-0.05, 0) is 23.9 Å². The van der Waals surface area contributed by atoms with Crippen molar-refractivity contribution in [1.82, 2.24) is 4.90 Å². The Kier molecular flexibility index (Phi) is 4.38. The zero-order valence-corrected chi connectivity index (χ0v) is 12.5. The Hall–Kier alpha value is -1.18. The number of hydrogen-bond donors (Lipinski definition) is 1. The number of carbonyl (C=O) groups excluding carboxylic acids is 1. The summed E-state index contributed by atoms with van der Waals surface area (Å²) in [5, 5.41) is 11.0. The molecule has 1 fully saturated rings. The maximum atomic E-state index is 12.2. The predicted molar refractivity (Wildman–Crippen MR) is 81.0 cm³/mol. The van der Waals surface area contributed by atoms with E-state index in [9.17, 15) is 9.59 Å². The molecule has 0 aliphatic carbocycles. The summed E-state index contributed by atoms with van der Waals surface area (Å²) in [6.45, 7) is 1.72. The molecule has 0 spiro atoms. The summed E-state index contributed by atoms with van der Waals surface area (Å²) in [5.74, 6) is -1.35. The van der Waals surface area contributed by atoms with E-state index in [0.29, 0.717) is 15.6 Å². The van der Waals surface area contributed by atoms with Crippen molar-refractivity contribution in [2.75, 3.05) is 0 Å². The molecule has 100 valence electrons. The van der Waals surface area contributed by atoms with Crippen LogP contribution in [-0.4, -0.2) is 32.2 Å². The van der Waals surface area contributed by atoms with E-state index in [1.165, 1.54) is 16.2 Å². The molecule has 19 heavy (non-hydrogen) atoms. The van der Waals surface area contributed by atoms with Gasteiger partial charge in [-0.3, -0.25) is 9.69 Å². The van der Waals surface area contributed by atoms with Gasteiger partial charge in [0, 0.05) is 4.88 Å². The third-order valence-corrected chi connectivity index (χ3v) is 4.77. The molecule has 0 bridgehead atoms. The van der Waals surface area contributed by atoms with Crippen LogP contribution < -0.4 is 0 Å². The van der Waals surface area contributed by atoms with E-state index < -0.39 is 12.0 Å². The molecule has 0 saturated carbocycles. The summed E-state index contributed by atoms with van der Waals surface area (Å²) in [6, 6.07) is 2.90. The van der Waals surface area contributed by atoms with Gasteiger partial charge in [0.15, 0.2) is 0 Å². The monoisotopic (exact) mass is 313 g/mol. The van der Waals surface area contributed by atoms with E-state index in [1.54, 1.807) is 13.0 Å². The van der Waals surface area contributed by atoms with Crippen molar-refractivity contribution in [2.24, 2.45) is 0 Å². The second-order valence-corrected chi connectivity index (χ2v) is 6.48. The minimum atomic E-state index is -1.03. The van der Waals surface area contributed by atoms with Crippen molar-refractivity contribution in [3.63, 3.8) is 0 Å². The van der Waals surface area contributed by atoms with E-state index in [2.05, 4.69) is 0 Å². The SMILES string of the molecule is CCC(C(=O)O)N1C(=O)/C(=C/c2cccs2)SC1=S. The number of carboxylic acid groups (broad SMARTS) is 1. The first kappa shape index (κ1) is 14.2. The Morgan fingerprint density at radius 1 is 1.63 bits per heavy atom. The Bertz CT molecular complexity index is 551. The fourth-order valence-corrected chi connectivity index (χ4v) is 3.80. The number of amides is 1. The van der Waals surface area contributed by atoms with Crippen LogP contribution in [0, 0.1) is 0 Å². The van der Waals surface area contributed by atoms with E-state index >= 15 is 0 Å². The van der Waals surface area contributed by atoms with Gasteiger partial charge in [0.2, 0.25) is 0 Å². The smallest absolute Gasteiger partial charge is 0.326 e. The van der Waals surface area contributed by atoms with Crippen molar-refractivity contribution < 1.29 is 14.7 Å². The molecule has 1 unspecified atom stereocenters. The Labute approximate surface area is 124 Å². The van der Waals surface area contributed by atoms with Crippen molar-refractivity contribution >= 4 is 57.6 Å². The summed E-state index contributed by atoms with van der Waals surface area (Å²) >= 11 is 7.79. The lowest BCUT2D eigenvalue weighted by Gasteiger charge is -2.21. The van der Waals surface area contributed by atoms with Gasteiger partial charge in [-0.2, -0.15) is 0 Å². The van der Waals surface area contributed by atoms with Crippen molar-refractivity contribution in [3.8, 4) is 0 Å². The fraction of sp³-hybridized carbons (Fsp3) is 0.250. The number of thiocarbonyl (C=S) groups is 1. The highest BCUT2D eigenvalue weighted by Crippen LogP contribution is 2.35. The molecule has 1 amide bonds. The van der Waals surface area contributed by atoms with Gasteiger partial charge in [0.25, 0.3) is 5.91 Å². The Balaban J connectivity index is 2.28. The van der Waals surface area contributed by atoms with Gasteiger partial charge in [-0.25, -0.2) is 4.79 Å². The van der Waals surface area contributed by atoms with E-state index in [4.69, 9.17) is 17.3 Å². The maximum Gasteiger partial charge on any atom is 0.326 e. The molecule has 1 aromatic heterocycles. The number of thioether (sulfide) groups is 1. The van der Waals surface area contributed by atoms with Crippen LogP contribution in [0.15, 0.2) is 22.4 Å². The van der Waals surface area contributed by atoms with Gasteiger partial charge in [0.05, 0.1) is 4.91 Å². The quantitative estimate of drug-likeness (QED) is 0.684. The average molecular weight is 313 g/mol. The summed E-state index contributed by atoms with van der Waals surface area (Å²) in [5.41, 5.74) is 0. The van der Waals surface area contributed by atoms with Crippen LogP contribution in [0.5, 0.6) is 0 Å². The highest BCUT2D eigenvalue weighted by Gasteiger charge is 2.39. The standard InChI is InChI=1S/C12H11NO3S3/c1-2-8(11(15)16)13-10(14)9(19-12(13)17)6-7-4-3-5-18-7/h3-6,8H,2H2,1H3,(H,15,16)/b9-6-. The van der Waals surface area contributed by atoms with Crippen LogP contribution in [-0.2, 0) is 9.59 Å². The average Bonchev–Trinajstić information content (AvgIpc) is 2.94. The van der Waals surface area contributed by atoms with Gasteiger partial charge in [-0.15, -0.1) is 11.3 Å². The largest absolute Gasteiger partial charge is 0.480 e. The van der Waals surface area contributed by atoms with E-state index in [0.717, 1.165) is 16.6 Å². The first-order valence-electron chi connectivity index (χ1n) is 5.58. The highest BCUT2D eigenvalue weighted by atomic mass is 32.2. The molecule has 1 atom stereocenters. The number of nitrogens with zero attached hydrogens (tertiary/aromatic N) is 1. The van der Waals surface area contributed by atoms with Crippen LogP contribution in [0.1, 0.15) is 18.2 Å². The summed E-state index contributed by atoms with van der Waals surface area (Å²) in [7, 11) is 0. The second-order valence-electron chi connectivity index (χ2n) is 3.83.